The van der Waals surface area contributed by atoms with Gasteiger partial charge in [0.25, 0.3) is 17.4 Å². The first kappa shape index (κ1) is 33.6. The fourth-order valence-electron chi connectivity index (χ4n) is 6.97. The topological polar surface area (TPSA) is 143 Å². The lowest BCUT2D eigenvalue weighted by Gasteiger charge is -2.34. The maximum absolute atomic E-state index is 13.2. The summed E-state index contributed by atoms with van der Waals surface area (Å²) < 4.78 is 13.3. The van der Waals surface area contributed by atoms with Crippen LogP contribution in [0.1, 0.15) is 44.7 Å². The molecule has 260 valence electrons. The number of pyridine rings is 2. The zero-order chi connectivity index (χ0) is 35.8. The molecule has 1 unspecified atom stereocenters. The van der Waals surface area contributed by atoms with E-state index in [0.29, 0.717) is 35.5 Å². The number of hydrogen-bond donors (Lipinski definition) is 1. The number of piperazine rings is 1. The van der Waals surface area contributed by atoms with Gasteiger partial charge in [-0.2, -0.15) is 0 Å². The molecule has 2 fully saturated rings. The molecule has 0 spiro atoms. The van der Waals surface area contributed by atoms with Crippen LogP contribution < -0.4 is 20.3 Å². The Morgan fingerprint density at radius 3 is 2.27 bits per heavy atom. The zero-order valence-electron chi connectivity index (χ0n) is 28.5. The van der Waals surface area contributed by atoms with Crippen LogP contribution in [-0.2, 0) is 23.2 Å². The third-order valence-corrected chi connectivity index (χ3v) is 9.73. The van der Waals surface area contributed by atoms with Gasteiger partial charge in [0.1, 0.15) is 17.5 Å². The van der Waals surface area contributed by atoms with Gasteiger partial charge in [-0.3, -0.25) is 49.0 Å². The summed E-state index contributed by atoms with van der Waals surface area (Å²) in [7, 11) is 5.01. The normalized spacial score (nSPS) is 18.0. The lowest BCUT2D eigenvalue weighted by atomic mass is 9.99. The van der Waals surface area contributed by atoms with Gasteiger partial charge < -0.3 is 14.0 Å². The Hall–Kier alpha value is -5.84. The second kappa shape index (κ2) is 13.8. The first-order valence-corrected chi connectivity index (χ1v) is 16.6. The molecule has 0 saturated carbocycles. The number of nitrogens with one attached hydrogen (secondary N) is 1. The van der Waals surface area contributed by atoms with Crippen molar-refractivity contribution in [2.75, 3.05) is 46.9 Å². The Balaban J connectivity index is 0.996. The number of ether oxygens (including phenoxy) is 2. The summed E-state index contributed by atoms with van der Waals surface area (Å²) in [6.07, 6.45) is 5.27. The van der Waals surface area contributed by atoms with Crippen molar-refractivity contribution >= 4 is 34.4 Å². The van der Waals surface area contributed by atoms with E-state index in [0.717, 1.165) is 53.2 Å². The van der Waals surface area contributed by atoms with Gasteiger partial charge in [0.05, 0.1) is 42.8 Å². The van der Waals surface area contributed by atoms with Crippen LogP contribution in [0.25, 0.3) is 21.9 Å². The van der Waals surface area contributed by atoms with Gasteiger partial charge >= 0.3 is 0 Å². The molecular weight excluding hydrogens is 652 g/mol. The second-order valence-electron chi connectivity index (χ2n) is 12.8. The summed E-state index contributed by atoms with van der Waals surface area (Å²) >= 11 is 0. The van der Waals surface area contributed by atoms with E-state index in [9.17, 15) is 24.0 Å². The SMILES string of the molecule is COc1cc(-c2cn(C)c(=O)c3cnccc23)cc(OC)c1CN1CCN(CC#Cc2ccc3c(c2)C(=O)N(C2CCC(=O)NC2=O)C3=O)CC1. The van der Waals surface area contributed by atoms with Crippen LogP contribution in [0.4, 0.5) is 0 Å². The molecule has 1 atom stereocenters. The highest BCUT2D eigenvalue weighted by Crippen LogP contribution is 2.38. The molecule has 2 saturated heterocycles. The highest BCUT2D eigenvalue weighted by atomic mass is 16.5. The van der Waals surface area contributed by atoms with Gasteiger partial charge in [0.15, 0.2) is 0 Å². The first-order valence-electron chi connectivity index (χ1n) is 16.6. The monoisotopic (exact) mass is 688 g/mol. The van der Waals surface area contributed by atoms with E-state index in [4.69, 9.17) is 9.47 Å². The van der Waals surface area contributed by atoms with Gasteiger partial charge in [-0.05, 0) is 53.8 Å². The minimum atomic E-state index is -1.00. The number of carbonyl (C=O) groups excluding carboxylic acids is 4. The van der Waals surface area contributed by atoms with E-state index in [1.165, 1.54) is 0 Å². The summed E-state index contributed by atoms with van der Waals surface area (Å²) in [5.74, 6) is 5.57. The summed E-state index contributed by atoms with van der Waals surface area (Å²) in [5, 5.41) is 3.56. The van der Waals surface area contributed by atoms with E-state index in [1.807, 2.05) is 24.4 Å². The molecule has 0 aliphatic carbocycles. The van der Waals surface area contributed by atoms with Crippen LogP contribution in [0, 0.1) is 11.8 Å². The lowest BCUT2D eigenvalue weighted by Crippen LogP contribution is -2.54. The van der Waals surface area contributed by atoms with Crippen LogP contribution in [0.2, 0.25) is 0 Å². The fraction of sp³-hybridized carbons (Fsp3) is 0.316. The minimum absolute atomic E-state index is 0.0695. The first-order chi connectivity index (χ1) is 24.7. The number of aromatic nitrogens is 2. The van der Waals surface area contributed by atoms with Crippen molar-refractivity contribution in [3.8, 4) is 34.5 Å². The Bertz CT molecular complexity index is 2200. The van der Waals surface area contributed by atoms with Gasteiger partial charge in [0.2, 0.25) is 11.8 Å². The largest absolute Gasteiger partial charge is 0.496 e. The second-order valence-corrected chi connectivity index (χ2v) is 12.8. The van der Waals surface area contributed by atoms with E-state index in [2.05, 4.69) is 31.9 Å². The quantitative estimate of drug-likeness (QED) is 0.227. The molecule has 3 aliphatic rings. The zero-order valence-corrected chi connectivity index (χ0v) is 28.5. The Morgan fingerprint density at radius 1 is 0.863 bits per heavy atom. The summed E-state index contributed by atoms with van der Waals surface area (Å²) in [5.41, 5.74) is 3.61. The van der Waals surface area contributed by atoms with Crippen molar-refractivity contribution in [1.82, 2.24) is 29.6 Å². The number of nitrogens with zero attached hydrogens (tertiary/aromatic N) is 5. The fourth-order valence-corrected chi connectivity index (χ4v) is 6.97. The molecule has 4 aromatic rings. The minimum Gasteiger partial charge on any atom is -0.496 e. The predicted molar refractivity (Wildman–Crippen MR) is 187 cm³/mol. The maximum atomic E-state index is 13.2. The number of carbonyl (C=O) groups is 4. The van der Waals surface area contributed by atoms with Crippen LogP contribution in [-0.4, -0.2) is 101 Å². The molecule has 2 aromatic heterocycles. The molecule has 5 heterocycles. The van der Waals surface area contributed by atoms with E-state index < -0.39 is 29.7 Å². The molecule has 3 aliphatic heterocycles. The number of amides is 4. The van der Waals surface area contributed by atoms with Crippen LogP contribution in [0.3, 0.4) is 0 Å². The number of imide groups is 2. The van der Waals surface area contributed by atoms with Crippen molar-refractivity contribution in [2.24, 2.45) is 7.05 Å². The number of hydrogen-bond acceptors (Lipinski definition) is 10. The Labute approximate surface area is 293 Å². The van der Waals surface area contributed by atoms with Crippen molar-refractivity contribution in [1.29, 1.82) is 0 Å². The third kappa shape index (κ3) is 6.35. The van der Waals surface area contributed by atoms with Gasteiger partial charge in [-0.1, -0.05) is 11.8 Å². The van der Waals surface area contributed by atoms with Crippen LogP contribution in [0.5, 0.6) is 11.5 Å². The standard InChI is InChI=1S/C38H36N6O7/c1-41-21-29(25-10-11-39-20-28(25)36(41)47)24-18-32(50-2)30(33(19-24)51-3)22-43-15-13-42(14-16-43)12-4-5-23-6-7-26-27(17-23)38(49)44(37(26)48)31-8-9-34(45)40-35(31)46/h6-7,10-11,17-21,31H,8-9,12-16,22H2,1-3H3,(H,40,45,46). The Morgan fingerprint density at radius 2 is 1.57 bits per heavy atom. The average molecular weight is 689 g/mol. The van der Waals surface area contributed by atoms with Crippen LogP contribution in [0.15, 0.2) is 59.8 Å². The van der Waals surface area contributed by atoms with Gasteiger partial charge in [-0.15, -0.1) is 0 Å². The molecule has 51 heavy (non-hydrogen) atoms. The number of fused-ring (bicyclic) bond motifs is 2. The van der Waals surface area contributed by atoms with E-state index in [1.54, 1.807) is 56.4 Å². The Kier molecular flexibility index (Phi) is 9.12. The molecule has 0 bridgehead atoms. The number of piperidine rings is 1. The van der Waals surface area contributed by atoms with Crippen molar-refractivity contribution in [2.45, 2.75) is 25.4 Å². The van der Waals surface area contributed by atoms with E-state index in [-0.39, 0.29) is 29.5 Å². The molecule has 2 aromatic carbocycles. The highest BCUT2D eigenvalue weighted by molar-refractivity contribution is 6.23. The predicted octanol–water partition coefficient (Wildman–Crippen LogP) is 2.19. The molecule has 1 N–H and O–H groups in total. The molecule has 0 radical (unpaired) electrons. The molecular formula is C38H36N6O7. The number of aryl methyl sites for hydroxylation is 1. The number of rotatable bonds is 7. The maximum Gasteiger partial charge on any atom is 0.262 e. The highest BCUT2D eigenvalue weighted by Gasteiger charge is 2.44. The summed E-state index contributed by atoms with van der Waals surface area (Å²) in [4.78, 5) is 72.5. The smallest absolute Gasteiger partial charge is 0.262 e. The summed E-state index contributed by atoms with van der Waals surface area (Å²) in [6.45, 7) is 4.37. The van der Waals surface area contributed by atoms with Crippen LogP contribution >= 0.6 is 0 Å². The number of benzene rings is 2. The third-order valence-electron chi connectivity index (χ3n) is 9.73. The lowest BCUT2D eigenvalue weighted by molar-refractivity contribution is -0.136. The van der Waals surface area contributed by atoms with Gasteiger partial charge in [0, 0.05) is 75.9 Å². The molecule has 7 rings (SSSR count). The van der Waals surface area contributed by atoms with E-state index >= 15 is 0 Å². The van der Waals surface area contributed by atoms with Crippen molar-refractivity contribution < 1.29 is 28.7 Å². The molecule has 13 heteroatoms. The number of methoxy groups -OCH3 is 2. The van der Waals surface area contributed by atoms with Crippen molar-refractivity contribution in [3.63, 3.8) is 0 Å². The summed E-state index contributed by atoms with van der Waals surface area (Å²) in [6, 6.07) is 9.68. The molecule has 4 amide bonds. The average Bonchev–Trinajstić information content (AvgIpc) is 3.38. The van der Waals surface area contributed by atoms with Crippen molar-refractivity contribution in [3.05, 3.63) is 87.6 Å². The van der Waals surface area contributed by atoms with Gasteiger partial charge in [-0.25, -0.2) is 0 Å². The molecule has 13 nitrogen and oxygen atoms in total.